The minimum Gasteiger partial charge on any atom is -0.443 e. The normalized spacial score (nSPS) is 16.7. The van der Waals surface area contributed by atoms with Crippen LogP contribution in [0.15, 0.2) is 35.4 Å². The molecule has 1 saturated heterocycles. The van der Waals surface area contributed by atoms with Crippen molar-refractivity contribution in [2.24, 2.45) is 0 Å². The second-order valence-corrected chi connectivity index (χ2v) is 8.68. The predicted molar refractivity (Wildman–Crippen MR) is 96.3 cm³/mol. The highest BCUT2D eigenvalue weighted by Crippen LogP contribution is 2.26. The van der Waals surface area contributed by atoms with Gasteiger partial charge in [-0.15, -0.1) is 4.83 Å². The Kier molecular flexibility index (Phi) is 5.07. The van der Waals surface area contributed by atoms with Gasteiger partial charge in [0, 0.05) is 24.7 Å². The molecule has 0 spiro atoms. The number of nitrogens with zero attached hydrogens (tertiary/aromatic N) is 2. The number of sulfonamides is 1. The summed E-state index contributed by atoms with van der Waals surface area (Å²) in [5, 5.41) is 2.05. The molecule has 1 N–H and O–H groups in total. The Labute approximate surface area is 152 Å². The number of para-hydroxylation sites is 1. The first kappa shape index (κ1) is 18.8. The Bertz CT molecular complexity index is 908. The van der Waals surface area contributed by atoms with Crippen molar-refractivity contribution in [3.05, 3.63) is 30.5 Å². The van der Waals surface area contributed by atoms with Crippen LogP contribution in [0.3, 0.4) is 0 Å². The van der Waals surface area contributed by atoms with Gasteiger partial charge in [-0.3, -0.25) is 4.57 Å². The van der Waals surface area contributed by atoms with E-state index in [1.165, 1.54) is 10.8 Å². The van der Waals surface area contributed by atoms with Gasteiger partial charge in [0.15, 0.2) is 0 Å². The van der Waals surface area contributed by atoms with E-state index in [4.69, 9.17) is 9.47 Å². The number of hydrogen-bond donors (Lipinski definition) is 1. The van der Waals surface area contributed by atoms with Crippen LogP contribution in [0.2, 0.25) is 0 Å². The molecule has 0 aliphatic carbocycles. The Balaban J connectivity index is 1.99. The fraction of sp³-hybridized carbons (Fsp3) is 0.471. The molecule has 2 aromatic rings. The van der Waals surface area contributed by atoms with Crippen LogP contribution in [0.4, 0.5) is 4.79 Å². The molecular weight excluding hydrogens is 358 g/mol. The monoisotopic (exact) mass is 381 g/mol. The number of rotatable bonds is 3. The van der Waals surface area contributed by atoms with Crippen molar-refractivity contribution >= 4 is 27.0 Å². The van der Waals surface area contributed by atoms with Crippen LogP contribution in [-0.4, -0.2) is 56.0 Å². The van der Waals surface area contributed by atoms with Crippen LogP contribution < -0.4 is 4.83 Å². The minimum absolute atomic E-state index is 0.0328. The average Bonchev–Trinajstić information content (AvgIpc) is 2.94. The van der Waals surface area contributed by atoms with Crippen LogP contribution in [0, 0.1) is 0 Å². The highest BCUT2D eigenvalue weighted by molar-refractivity contribution is 7.89. The minimum atomic E-state index is -3.85. The van der Waals surface area contributed by atoms with E-state index in [0.29, 0.717) is 37.2 Å². The lowest BCUT2D eigenvalue weighted by Crippen LogP contribution is -2.48. The zero-order chi connectivity index (χ0) is 18.9. The lowest BCUT2D eigenvalue weighted by molar-refractivity contribution is 0.0272. The Morgan fingerprint density at radius 2 is 1.85 bits per heavy atom. The first-order valence-electron chi connectivity index (χ1n) is 8.36. The number of benzene rings is 1. The maximum Gasteiger partial charge on any atom is 0.419 e. The molecule has 1 aromatic carbocycles. The number of ether oxygens (including phenoxy) is 2. The van der Waals surface area contributed by atoms with Gasteiger partial charge in [0.2, 0.25) is 0 Å². The number of fused-ring (bicyclic) bond motifs is 1. The Hall–Kier alpha value is -1.94. The number of aromatic nitrogens is 1. The van der Waals surface area contributed by atoms with Gasteiger partial charge < -0.3 is 9.47 Å². The summed E-state index contributed by atoms with van der Waals surface area (Å²) in [6.45, 7) is 7.12. The quantitative estimate of drug-likeness (QED) is 0.874. The molecule has 0 atom stereocenters. The molecule has 1 aliphatic heterocycles. The summed E-state index contributed by atoms with van der Waals surface area (Å²) in [5.41, 5.74) is -0.211. The van der Waals surface area contributed by atoms with E-state index < -0.39 is 21.7 Å². The van der Waals surface area contributed by atoms with Gasteiger partial charge in [0.05, 0.1) is 18.7 Å². The number of morpholine rings is 1. The van der Waals surface area contributed by atoms with Crippen LogP contribution in [0.1, 0.15) is 20.8 Å². The Morgan fingerprint density at radius 1 is 1.19 bits per heavy atom. The number of nitrogens with one attached hydrogen (secondary N) is 1. The van der Waals surface area contributed by atoms with E-state index in [2.05, 4.69) is 4.83 Å². The third kappa shape index (κ3) is 4.07. The fourth-order valence-corrected chi connectivity index (χ4v) is 4.03. The second kappa shape index (κ2) is 6.99. The number of hydrogen-bond acceptors (Lipinski definition) is 6. The molecule has 2 heterocycles. The lowest BCUT2D eigenvalue weighted by atomic mass is 10.2. The number of carbonyl (C=O) groups is 1. The van der Waals surface area contributed by atoms with Crippen LogP contribution in [-0.2, 0) is 19.5 Å². The molecule has 1 aromatic heterocycles. The summed E-state index contributed by atoms with van der Waals surface area (Å²) in [6.07, 6.45) is 0.683. The number of carbonyl (C=O) groups excluding carboxylic acids is 1. The lowest BCUT2D eigenvalue weighted by Gasteiger charge is -2.26. The van der Waals surface area contributed by atoms with E-state index in [1.54, 1.807) is 50.0 Å². The van der Waals surface area contributed by atoms with Gasteiger partial charge in [-0.05, 0) is 26.8 Å². The van der Waals surface area contributed by atoms with Crippen molar-refractivity contribution in [1.29, 1.82) is 0 Å². The van der Waals surface area contributed by atoms with Gasteiger partial charge in [0.25, 0.3) is 10.0 Å². The molecule has 3 rings (SSSR count). The van der Waals surface area contributed by atoms with Crippen molar-refractivity contribution in [2.45, 2.75) is 31.3 Å². The van der Waals surface area contributed by atoms with Gasteiger partial charge in [-0.1, -0.05) is 18.2 Å². The van der Waals surface area contributed by atoms with E-state index in [0.717, 1.165) is 0 Å². The summed E-state index contributed by atoms with van der Waals surface area (Å²) < 4.78 is 37.6. The third-order valence-corrected chi connectivity index (χ3v) is 5.22. The molecule has 0 unspecified atom stereocenters. The molecule has 1 fully saturated rings. The molecule has 9 heteroatoms. The predicted octanol–water partition coefficient (Wildman–Crippen LogP) is 1.95. The van der Waals surface area contributed by atoms with Gasteiger partial charge in [-0.25, -0.2) is 18.2 Å². The zero-order valence-electron chi connectivity index (χ0n) is 15.1. The molecule has 0 saturated carbocycles. The summed E-state index contributed by atoms with van der Waals surface area (Å²) in [4.78, 5) is 15.1. The Morgan fingerprint density at radius 3 is 2.50 bits per heavy atom. The van der Waals surface area contributed by atoms with Crippen molar-refractivity contribution in [3.8, 4) is 0 Å². The number of hydrazine groups is 1. The van der Waals surface area contributed by atoms with Crippen LogP contribution in [0.25, 0.3) is 10.9 Å². The first-order chi connectivity index (χ1) is 12.2. The summed E-state index contributed by atoms with van der Waals surface area (Å²) in [6, 6.07) is 6.83. The van der Waals surface area contributed by atoms with Crippen LogP contribution in [0.5, 0.6) is 0 Å². The van der Waals surface area contributed by atoms with Crippen LogP contribution >= 0.6 is 0 Å². The topological polar surface area (TPSA) is 89.9 Å². The van der Waals surface area contributed by atoms with Gasteiger partial charge in [-0.2, -0.15) is 0 Å². The van der Waals surface area contributed by atoms with Crippen molar-refractivity contribution in [3.63, 3.8) is 0 Å². The van der Waals surface area contributed by atoms with E-state index in [9.17, 15) is 13.2 Å². The fourth-order valence-electron chi connectivity index (χ4n) is 2.70. The van der Waals surface area contributed by atoms with E-state index >= 15 is 0 Å². The smallest absolute Gasteiger partial charge is 0.419 e. The van der Waals surface area contributed by atoms with Gasteiger partial charge in [0.1, 0.15) is 10.5 Å². The highest BCUT2D eigenvalue weighted by Gasteiger charge is 2.27. The summed E-state index contributed by atoms with van der Waals surface area (Å²) >= 11 is 0. The third-order valence-electron chi connectivity index (χ3n) is 3.82. The molecule has 0 amide bonds. The molecular formula is C17H23N3O5S. The summed E-state index contributed by atoms with van der Waals surface area (Å²) in [5.74, 6) is 0. The molecule has 26 heavy (non-hydrogen) atoms. The molecule has 0 bridgehead atoms. The maximum absolute atomic E-state index is 12.9. The molecule has 1 aliphatic rings. The molecule has 0 radical (unpaired) electrons. The first-order valence-corrected chi connectivity index (χ1v) is 9.84. The maximum atomic E-state index is 12.9. The largest absolute Gasteiger partial charge is 0.443 e. The summed E-state index contributed by atoms with van der Waals surface area (Å²) in [7, 11) is -3.85. The van der Waals surface area contributed by atoms with E-state index in [1.807, 2.05) is 0 Å². The zero-order valence-corrected chi connectivity index (χ0v) is 15.9. The SMILES string of the molecule is CC(C)(C)OC(=O)n1cc(S(=O)(=O)NN2CCOCC2)c2ccccc21. The second-order valence-electron chi connectivity index (χ2n) is 7.05. The standard InChI is InChI=1S/C17H23N3O5S/c1-17(2,3)25-16(21)20-12-15(13-6-4-5-7-14(13)20)26(22,23)18-19-8-10-24-11-9-19/h4-7,12,18H,8-11H2,1-3H3. The molecule has 142 valence electrons. The van der Waals surface area contributed by atoms with Crippen molar-refractivity contribution < 1.29 is 22.7 Å². The van der Waals surface area contributed by atoms with Crippen molar-refractivity contribution in [2.75, 3.05) is 26.3 Å². The van der Waals surface area contributed by atoms with Gasteiger partial charge >= 0.3 is 6.09 Å². The van der Waals surface area contributed by atoms with E-state index in [-0.39, 0.29) is 4.90 Å². The molecule has 8 nitrogen and oxygen atoms in total. The highest BCUT2D eigenvalue weighted by atomic mass is 32.2. The average molecular weight is 381 g/mol. The van der Waals surface area contributed by atoms with Crippen molar-refractivity contribution in [1.82, 2.24) is 14.4 Å².